The number of carbonyl (C=O) groups excluding carboxylic acids is 1. The first kappa shape index (κ1) is 15.7. The van der Waals surface area contributed by atoms with Crippen LogP contribution in [0.1, 0.15) is 28.9 Å². The largest absolute Gasteiger partial charge is 0.493 e. The Hall–Kier alpha value is -3.15. The van der Waals surface area contributed by atoms with E-state index < -0.39 is 11.5 Å². The number of fused-ring (bicyclic) bond motifs is 1. The molecule has 0 saturated heterocycles. The van der Waals surface area contributed by atoms with Crippen molar-refractivity contribution in [3.8, 4) is 5.75 Å². The summed E-state index contributed by atoms with van der Waals surface area (Å²) in [6.45, 7) is 1.83. The van der Waals surface area contributed by atoms with Gasteiger partial charge in [0.2, 0.25) is 0 Å². The van der Waals surface area contributed by atoms with Crippen LogP contribution in [0.5, 0.6) is 5.75 Å². The number of pyridine rings is 1. The van der Waals surface area contributed by atoms with Crippen molar-refractivity contribution in [1.29, 1.82) is 0 Å². The van der Waals surface area contributed by atoms with Crippen molar-refractivity contribution >= 4 is 16.9 Å². The molecular formula is C18H16N2O4. The quantitative estimate of drug-likeness (QED) is 0.746. The normalized spacial score (nSPS) is 11.9. The van der Waals surface area contributed by atoms with Gasteiger partial charge in [-0.05, 0) is 36.8 Å². The van der Waals surface area contributed by atoms with Gasteiger partial charge >= 0.3 is 5.63 Å². The van der Waals surface area contributed by atoms with Crippen LogP contribution in [0.25, 0.3) is 11.0 Å². The molecule has 0 unspecified atom stereocenters. The molecule has 1 aromatic carbocycles. The van der Waals surface area contributed by atoms with Gasteiger partial charge in [0.25, 0.3) is 5.91 Å². The van der Waals surface area contributed by atoms with E-state index >= 15 is 0 Å². The number of carbonyl (C=O) groups is 1. The summed E-state index contributed by atoms with van der Waals surface area (Å²) >= 11 is 0. The van der Waals surface area contributed by atoms with Gasteiger partial charge in [-0.2, -0.15) is 0 Å². The molecule has 2 heterocycles. The van der Waals surface area contributed by atoms with Gasteiger partial charge in [-0.3, -0.25) is 9.78 Å². The van der Waals surface area contributed by atoms with Crippen LogP contribution in [-0.2, 0) is 0 Å². The maximum Gasteiger partial charge on any atom is 0.349 e. The van der Waals surface area contributed by atoms with Crippen LogP contribution in [0.2, 0.25) is 0 Å². The summed E-state index contributed by atoms with van der Waals surface area (Å²) in [5, 5.41) is 3.41. The zero-order valence-corrected chi connectivity index (χ0v) is 13.3. The van der Waals surface area contributed by atoms with Crippen molar-refractivity contribution in [2.24, 2.45) is 0 Å². The standard InChI is InChI=1S/C18H16N2O4/c1-11(12-6-8-19-9-7-12)20-17(21)14-10-13-4-3-5-15(23-2)16(13)24-18(14)22/h3-11H,1-2H3,(H,20,21)/t11-/m1/s1. The van der Waals surface area contributed by atoms with Gasteiger partial charge in [-0.25, -0.2) is 4.79 Å². The zero-order valence-electron chi connectivity index (χ0n) is 13.3. The second kappa shape index (κ2) is 6.54. The minimum Gasteiger partial charge on any atom is -0.493 e. The highest BCUT2D eigenvalue weighted by molar-refractivity contribution is 5.97. The van der Waals surface area contributed by atoms with Gasteiger partial charge in [0.15, 0.2) is 11.3 Å². The number of methoxy groups -OCH3 is 1. The third-order valence-corrected chi connectivity index (χ3v) is 3.74. The van der Waals surface area contributed by atoms with Crippen LogP contribution in [0.3, 0.4) is 0 Å². The molecule has 3 aromatic rings. The van der Waals surface area contributed by atoms with E-state index in [1.165, 1.54) is 13.2 Å². The third-order valence-electron chi connectivity index (χ3n) is 3.74. The summed E-state index contributed by atoms with van der Waals surface area (Å²) in [6.07, 6.45) is 3.29. The summed E-state index contributed by atoms with van der Waals surface area (Å²) in [5.41, 5.74) is 0.469. The second-order valence-electron chi connectivity index (χ2n) is 5.30. The molecule has 0 fully saturated rings. The minimum absolute atomic E-state index is 0.0448. The Kier molecular flexibility index (Phi) is 4.29. The highest BCUT2D eigenvalue weighted by Crippen LogP contribution is 2.24. The van der Waals surface area contributed by atoms with Crippen molar-refractivity contribution in [1.82, 2.24) is 10.3 Å². The Bertz CT molecular complexity index is 935. The molecule has 0 radical (unpaired) electrons. The molecule has 1 amide bonds. The lowest BCUT2D eigenvalue weighted by atomic mass is 10.1. The molecule has 6 nitrogen and oxygen atoms in total. The van der Waals surface area contributed by atoms with E-state index in [0.29, 0.717) is 16.7 Å². The van der Waals surface area contributed by atoms with Gasteiger partial charge < -0.3 is 14.5 Å². The fraction of sp³-hybridized carbons (Fsp3) is 0.167. The number of amides is 1. The fourth-order valence-corrected chi connectivity index (χ4v) is 2.45. The molecule has 24 heavy (non-hydrogen) atoms. The van der Waals surface area contributed by atoms with E-state index in [1.807, 2.05) is 6.92 Å². The number of benzene rings is 1. The van der Waals surface area contributed by atoms with Crippen LogP contribution in [0.15, 0.2) is 58.0 Å². The number of ether oxygens (including phenoxy) is 1. The number of para-hydroxylation sites is 1. The maximum atomic E-state index is 12.4. The average Bonchev–Trinajstić information content (AvgIpc) is 2.61. The Balaban J connectivity index is 1.93. The van der Waals surface area contributed by atoms with E-state index in [-0.39, 0.29) is 11.6 Å². The molecular weight excluding hydrogens is 308 g/mol. The van der Waals surface area contributed by atoms with Crippen molar-refractivity contribution in [3.05, 3.63) is 70.3 Å². The summed E-state index contributed by atoms with van der Waals surface area (Å²) in [5.74, 6) is -0.0421. The summed E-state index contributed by atoms with van der Waals surface area (Å²) in [6, 6.07) is 10.1. The van der Waals surface area contributed by atoms with Crippen molar-refractivity contribution < 1.29 is 13.9 Å². The molecule has 0 aliphatic heterocycles. The predicted octanol–water partition coefficient (Wildman–Crippen LogP) is 2.69. The number of aromatic nitrogens is 1. The summed E-state index contributed by atoms with van der Waals surface area (Å²) < 4.78 is 10.4. The summed E-state index contributed by atoms with van der Waals surface area (Å²) in [4.78, 5) is 28.5. The molecule has 6 heteroatoms. The SMILES string of the molecule is COc1cccc2cc(C(=O)N[C@H](C)c3ccncc3)c(=O)oc12. The Morgan fingerprint density at radius 3 is 2.71 bits per heavy atom. The van der Waals surface area contributed by atoms with Gasteiger partial charge in [0.1, 0.15) is 5.56 Å². The van der Waals surface area contributed by atoms with Crippen LogP contribution in [0.4, 0.5) is 0 Å². The lowest BCUT2D eigenvalue weighted by Crippen LogP contribution is -2.30. The molecule has 2 aromatic heterocycles. The van der Waals surface area contributed by atoms with E-state index in [4.69, 9.17) is 9.15 Å². The highest BCUT2D eigenvalue weighted by Gasteiger charge is 2.17. The molecule has 0 saturated carbocycles. The Labute approximate surface area is 138 Å². The number of hydrogen-bond acceptors (Lipinski definition) is 5. The zero-order chi connectivity index (χ0) is 17.1. The summed E-state index contributed by atoms with van der Waals surface area (Å²) in [7, 11) is 1.49. The predicted molar refractivity (Wildman–Crippen MR) is 89.2 cm³/mol. The average molecular weight is 324 g/mol. The van der Waals surface area contributed by atoms with Crippen LogP contribution in [0, 0.1) is 0 Å². The first-order chi connectivity index (χ1) is 11.6. The minimum atomic E-state index is -0.702. The number of nitrogens with zero attached hydrogens (tertiary/aromatic N) is 1. The number of hydrogen-bond donors (Lipinski definition) is 1. The molecule has 1 N–H and O–H groups in total. The molecule has 0 bridgehead atoms. The molecule has 0 spiro atoms. The van der Waals surface area contributed by atoms with E-state index in [0.717, 1.165) is 5.56 Å². The lowest BCUT2D eigenvalue weighted by Gasteiger charge is -2.13. The van der Waals surface area contributed by atoms with Crippen LogP contribution >= 0.6 is 0 Å². The van der Waals surface area contributed by atoms with E-state index in [9.17, 15) is 9.59 Å². The Morgan fingerprint density at radius 2 is 2.00 bits per heavy atom. The van der Waals surface area contributed by atoms with Crippen molar-refractivity contribution in [2.45, 2.75) is 13.0 Å². The van der Waals surface area contributed by atoms with Crippen molar-refractivity contribution in [2.75, 3.05) is 7.11 Å². The maximum absolute atomic E-state index is 12.4. The van der Waals surface area contributed by atoms with Gasteiger partial charge in [-0.1, -0.05) is 12.1 Å². The third kappa shape index (κ3) is 2.99. The monoisotopic (exact) mass is 324 g/mol. The van der Waals surface area contributed by atoms with E-state index in [2.05, 4.69) is 10.3 Å². The molecule has 1 atom stereocenters. The smallest absolute Gasteiger partial charge is 0.349 e. The van der Waals surface area contributed by atoms with Crippen LogP contribution in [-0.4, -0.2) is 18.0 Å². The molecule has 0 aliphatic carbocycles. The van der Waals surface area contributed by atoms with Gasteiger partial charge in [-0.15, -0.1) is 0 Å². The number of nitrogens with one attached hydrogen (secondary N) is 1. The molecule has 122 valence electrons. The van der Waals surface area contributed by atoms with Gasteiger partial charge in [0, 0.05) is 17.8 Å². The second-order valence-corrected chi connectivity index (χ2v) is 5.30. The topological polar surface area (TPSA) is 81.4 Å². The van der Waals surface area contributed by atoms with Crippen molar-refractivity contribution in [3.63, 3.8) is 0 Å². The molecule has 0 aliphatic rings. The van der Waals surface area contributed by atoms with E-state index in [1.54, 1.807) is 42.7 Å². The highest BCUT2D eigenvalue weighted by atomic mass is 16.5. The first-order valence-corrected chi connectivity index (χ1v) is 7.42. The number of rotatable bonds is 4. The van der Waals surface area contributed by atoms with Gasteiger partial charge in [0.05, 0.1) is 13.2 Å². The first-order valence-electron chi connectivity index (χ1n) is 7.42. The lowest BCUT2D eigenvalue weighted by molar-refractivity contribution is 0.0936. The molecule has 3 rings (SSSR count). The van der Waals surface area contributed by atoms with Crippen LogP contribution < -0.4 is 15.7 Å². The fourth-order valence-electron chi connectivity index (χ4n) is 2.45. The Morgan fingerprint density at radius 1 is 1.25 bits per heavy atom.